The summed E-state index contributed by atoms with van der Waals surface area (Å²) < 4.78 is 13.0. The number of rotatable bonds is 9. The second kappa shape index (κ2) is 10.4. The number of thiazole rings is 1. The average molecular weight is 513 g/mol. The number of carboxylic acid groups (broad SMARTS) is 1. The Balaban J connectivity index is 1.99. The molecule has 2 aromatic carbocycles. The first-order valence-corrected chi connectivity index (χ1v) is 12.2. The standard InChI is InChI=1S/C25H25ClN4O4S/c1-5-17-21(24-28-23(34-6-2)14(3)35-24)22(27-18-12-11-15(26)13-16(18)25(31)32)30(29-17)19-9-7-8-10-20(19)33-4/h7-13,27H,5-6H2,1-4H3,(H,31,32). The van der Waals surface area contributed by atoms with E-state index in [1.807, 2.05) is 45.0 Å². The van der Waals surface area contributed by atoms with Crippen molar-refractivity contribution in [2.45, 2.75) is 27.2 Å². The van der Waals surface area contributed by atoms with Crippen LogP contribution in [0.1, 0.15) is 34.8 Å². The Morgan fingerprint density at radius 3 is 2.69 bits per heavy atom. The van der Waals surface area contributed by atoms with Crippen LogP contribution < -0.4 is 14.8 Å². The molecule has 4 rings (SSSR count). The second-order valence-electron chi connectivity index (χ2n) is 7.54. The van der Waals surface area contributed by atoms with Crippen molar-refractivity contribution in [1.29, 1.82) is 0 Å². The van der Waals surface area contributed by atoms with Crippen molar-refractivity contribution < 1.29 is 19.4 Å². The normalized spacial score (nSPS) is 10.9. The molecule has 8 nitrogen and oxygen atoms in total. The number of nitrogens with one attached hydrogen (secondary N) is 1. The highest BCUT2D eigenvalue weighted by Crippen LogP contribution is 2.42. The Morgan fingerprint density at radius 1 is 1.23 bits per heavy atom. The lowest BCUT2D eigenvalue weighted by atomic mass is 10.1. The maximum Gasteiger partial charge on any atom is 0.337 e. The van der Waals surface area contributed by atoms with Crippen LogP contribution in [0.4, 0.5) is 11.5 Å². The Kier molecular flexibility index (Phi) is 7.28. The topological polar surface area (TPSA) is 98.5 Å². The summed E-state index contributed by atoms with van der Waals surface area (Å²) in [6, 6.07) is 12.2. The molecule has 35 heavy (non-hydrogen) atoms. The van der Waals surface area contributed by atoms with Crippen LogP contribution in [0.3, 0.4) is 0 Å². The fourth-order valence-corrected chi connectivity index (χ4v) is 4.82. The van der Waals surface area contributed by atoms with Gasteiger partial charge in [-0.3, -0.25) is 0 Å². The lowest BCUT2D eigenvalue weighted by Gasteiger charge is -2.15. The predicted octanol–water partition coefficient (Wildman–Crippen LogP) is 6.37. The van der Waals surface area contributed by atoms with Gasteiger partial charge in [0.15, 0.2) is 0 Å². The highest BCUT2D eigenvalue weighted by atomic mass is 35.5. The van der Waals surface area contributed by atoms with Gasteiger partial charge in [0.1, 0.15) is 22.3 Å². The Bertz CT molecular complexity index is 1380. The molecule has 0 atom stereocenters. The molecule has 0 fully saturated rings. The molecule has 0 amide bonds. The van der Waals surface area contributed by atoms with Gasteiger partial charge in [-0.05, 0) is 50.6 Å². The van der Waals surface area contributed by atoms with Crippen LogP contribution in [-0.2, 0) is 6.42 Å². The third-order valence-electron chi connectivity index (χ3n) is 5.32. The van der Waals surface area contributed by atoms with E-state index in [0.29, 0.717) is 46.9 Å². The molecule has 0 aliphatic carbocycles. The van der Waals surface area contributed by atoms with E-state index in [2.05, 4.69) is 5.32 Å². The fraction of sp³-hybridized carbons (Fsp3) is 0.240. The molecule has 0 aliphatic rings. The zero-order valence-electron chi connectivity index (χ0n) is 19.8. The Labute approximate surface area is 212 Å². The van der Waals surface area contributed by atoms with Crippen molar-refractivity contribution in [3.8, 4) is 27.9 Å². The van der Waals surface area contributed by atoms with Crippen LogP contribution in [0.15, 0.2) is 42.5 Å². The van der Waals surface area contributed by atoms with E-state index in [1.165, 1.54) is 17.4 Å². The molecule has 0 saturated carbocycles. The number of methoxy groups -OCH3 is 1. The molecule has 2 aromatic heterocycles. The molecule has 2 N–H and O–H groups in total. The number of anilines is 2. The van der Waals surface area contributed by atoms with Gasteiger partial charge in [0.2, 0.25) is 5.88 Å². The molecule has 0 spiro atoms. The summed E-state index contributed by atoms with van der Waals surface area (Å²) >= 11 is 7.58. The summed E-state index contributed by atoms with van der Waals surface area (Å²) in [6.45, 7) is 6.38. The molecule has 0 saturated heterocycles. The molecular formula is C25H25ClN4O4S. The molecule has 4 aromatic rings. The van der Waals surface area contributed by atoms with Crippen LogP contribution in [0.25, 0.3) is 16.3 Å². The molecule has 182 valence electrons. The summed E-state index contributed by atoms with van der Waals surface area (Å²) in [4.78, 5) is 17.7. The zero-order chi connectivity index (χ0) is 25.1. The number of aromatic carboxylic acids is 1. The summed E-state index contributed by atoms with van der Waals surface area (Å²) in [5.41, 5.74) is 2.67. The van der Waals surface area contributed by atoms with Gasteiger partial charge in [-0.25, -0.2) is 14.5 Å². The molecule has 0 aliphatic heterocycles. The molecule has 10 heteroatoms. The minimum absolute atomic E-state index is 0.0413. The maximum absolute atomic E-state index is 12.0. The van der Waals surface area contributed by atoms with Crippen LogP contribution in [0, 0.1) is 6.92 Å². The number of hydrogen-bond acceptors (Lipinski definition) is 7. The highest BCUT2D eigenvalue weighted by Gasteiger charge is 2.26. The van der Waals surface area contributed by atoms with Gasteiger partial charge in [-0.1, -0.05) is 30.7 Å². The minimum atomic E-state index is -1.10. The number of aryl methyl sites for hydroxylation is 2. The monoisotopic (exact) mass is 512 g/mol. The second-order valence-corrected chi connectivity index (χ2v) is 9.18. The lowest BCUT2D eigenvalue weighted by Crippen LogP contribution is -2.08. The number of carbonyl (C=O) groups is 1. The fourth-order valence-electron chi connectivity index (χ4n) is 3.72. The van der Waals surface area contributed by atoms with Gasteiger partial charge in [-0.2, -0.15) is 5.10 Å². The van der Waals surface area contributed by atoms with Gasteiger partial charge in [-0.15, -0.1) is 11.3 Å². The van der Waals surface area contributed by atoms with E-state index >= 15 is 0 Å². The van der Waals surface area contributed by atoms with Crippen molar-refractivity contribution in [1.82, 2.24) is 14.8 Å². The van der Waals surface area contributed by atoms with Crippen molar-refractivity contribution in [3.63, 3.8) is 0 Å². The predicted molar refractivity (Wildman–Crippen MR) is 138 cm³/mol. The third kappa shape index (κ3) is 4.82. The summed E-state index contributed by atoms with van der Waals surface area (Å²) in [7, 11) is 1.59. The number of hydrogen-bond donors (Lipinski definition) is 2. The summed E-state index contributed by atoms with van der Waals surface area (Å²) in [5, 5.41) is 19.1. The number of ether oxygens (including phenoxy) is 2. The average Bonchev–Trinajstić information content (AvgIpc) is 3.39. The number of nitrogens with zero attached hydrogens (tertiary/aromatic N) is 3. The smallest absolute Gasteiger partial charge is 0.337 e. The Morgan fingerprint density at radius 2 is 2.00 bits per heavy atom. The molecule has 0 bridgehead atoms. The number of aromatic nitrogens is 3. The van der Waals surface area contributed by atoms with Crippen LogP contribution in [0.5, 0.6) is 11.6 Å². The van der Waals surface area contributed by atoms with E-state index in [4.69, 9.17) is 31.2 Å². The van der Waals surface area contributed by atoms with Gasteiger partial charge in [0.25, 0.3) is 0 Å². The summed E-state index contributed by atoms with van der Waals surface area (Å²) in [5.74, 6) is 0.655. The SMILES string of the molecule is CCOc1nc(-c2c(CC)nn(-c3ccccc3OC)c2Nc2ccc(Cl)cc2C(=O)O)sc1C. The van der Waals surface area contributed by atoms with Crippen LogP contribution in [-0.4, -0.2) is 39.6 Å². The Hall–Kier alpha value is -3.56. The van der Waals surface area contributed by atoms with Crippen molar-refractivity contribution >= 4 is 40.4 Å². The molecular weight excluding hydrogens is 488 g/mol. The van der Waals surface area contributed by atoms with Crippen molar-refractivity contribution in [2.24, 2.45) is 0 Å². The highest BCUT2D eigenvalue weighted by molar-refractivity contribution is 7.15. The molecule has 0 unspecified atom stereocenters. The van der Waals surface area contributed by atoms with Crippen molar-refractivity contribution in [3.05, 3.63) is 63.6 Å². The largest absolute Gasteiger partial charge is 0.494 e. The van der Waals surface area contributed by atoms with Gasteiger partial charge in [0, 0.05) is 5.02 Å². The van der Waals surface area contributed by atoms with E-state index in [1.54, 1.807) is 23.9 Å². The van der Waals surface area contributed by atoms with E-state index < -0.39 is 5.97 Å². The van der Waals surface area contributed by atoms with Crippen LogP contribution in [0.2, 0.25) is 5.02 Å². The zero-order valence-corrected chi connectivity index (χ0v) is 21.3. The molecule has 0 radical (unpaired) electrons. The number of halogens is 1. The molecule has 2 heterocycles. The van der Waals surface area contributed by atoms with E-state index in [9.17, 15) is 9.90 Å². The lowest BCUT2D eigenvalue weighted by molar-refractivity contribution is 0.0698. The van der Waals surface area contributed by atoms with Crippen LogP contribution >= 0.6 is 22.9 Å². The van der Waals surface area contributed by atoms with Gasteiger partial charge in [0.05, 0.1) is 41.1 Å². The first kappa shape index (κ1) is 24.6. The number of benzene rings is 2. The third-order valence-corrected chi connectivity index (χ3v) is 6.52. The number of carboxylic acids is 1. The van der Waals surface area contributed by atoms with Gasteiger partial charge >= 0.3 is 5.97 Å². The number of para-hydroxylation sites is 2. The minimum Gasteiger partial charge on any atom is -0.494 e. The first-order valence-electron chi connectivity index (χ1n) is 11.0. The van der Waals surface area contributed by atoms with Gasteiger partial charge < -0.3 is 19.9 Å². The summed E-state index contributed by atoms with van der Waals surface area (Å²) in [6.07, 6.45) is 0.626. The van der Waals surface area contributed by atoms with Crippen molar-refractivity contribution in [2.75, 3.05) is 19.0 Å². The first-order chi connectivity index (χ1) is 16.9. The van der Waals surface area contributed by atoms with E-state index in [-0.39, 0.29) is 5.56 Å². The van der Waals surface area contributed by atoms with E-state index in [0.717, 1.165) is 21.1 Å². The maximum atomic E-state index is 12.0. The quantitative estimate of drug-likeness (QED) is 0.269.